The molecule has 0 unspecified atom stereocenters. The van der Waals surface area contributed by atoms with Crippen molar-refractivity contribution in [3.8, 4) is 0 Å². The number of rotatable bonds is 5. The summed E-state index contributed by atoms with van der Waals surface area (Å²) in [7, 11) is 0. The van der Waals surface area contributed by atoms with E-state index in [9.17, 15) is 4.79 Å². The molecule has 18 heavy (non-hydrogen) atoms. The van der Waals surface area contributed by atoms with Crippen LogP contribution in [0, 0.1) is 6.92 Å². The molecule has 0 aliphatic rings. The molecule has 94 valence electrons. The van der Waals surface area contributed by atoms with Gasteiger partial charge in [-0.15, -0.1) is 23.1 Å². The van der Waals surface area contributed by atoms with Crippen LogP contribution in [0.2, 0.25) is 0 Å². The molecule has 0 spiro atoms. The number of nitrogens with one attached hydrogen (secondary N) is 1. The number of carbonyl (C=O) groups excluding carboxylic acids is 1. The molecule has 0 radical (unpaired) electrons. The number of pyridine rings is 1. The smallest absolute Gasteiger partial charge is 0.236 e. The Hall–Kier alpha value is -1.40. The van der Waals surface area contributed by atoms with Crippen LogP contribution < -0.4 is 5.32 Å². The first kappa shape index (κ1) is 13.0. The number of amides is 1. The second kappa shape index (κ2) is 6.51. The number of hydrogen-bond acceptors (Lipinski definition) is 5. The second-order valence-corrected chi connectivity index (χ2v) is 5.50. The van der Waals surface area contributed by atoms with Crippen molar-refractivity contribution in [2.24, 2.45) is 0 Å². The molecule has 0 atom stereocenters. The van der Waals surface area contributed by atoms with Crippen molar-refractivity contribution in [2.45, 2.75) is 12.7 Å². The van der Waals surface area contributed by atoms with Crippen LogP contribution >= 0.6 is 23.1 Å². The van der Waals surface area contributed by atoms with E-state index in [2.05, 4.69) is 15.3 Å². The Balaban J connectivity index is 1.72. The highest BCUT2D eigenvalue weighted by atomic mass is 32.2. The van der Waals surface area contributed by atoms with Gasteiger partial charge in [0.1, 0.15) is 0 Å². The quantitative estimate of drug-likeness (QED) is 0.914. The van der Waals surface area contributed by atoms with Crippen LogP contribution in [0.1, 0.15) is 11.4 Å². The number of nitrogens with zero attached hydrogens (tertiary/aromatic N) is 2. The van der Waals surface area contributed by atoms with Gasteiger partial charge >= 0.3 is 0 Å². The maximum absolute atomic E-state index is 11.6. The van der Waals surface area contributed by atoms with Crippen molar-refractivity contribution in [1.29, 1.82) is 0 Å². The molecule has 1 N–H and O–H groups in total. The van der Waals surface area contributed by atoms with Crippen molar-refractivity contribution < 1.29 is 4.79 Å². The van der Waals surface area contributed by atoms with Gasteiger partial charge in [0, 0.05) is 17.3 Å². The van der Waals surface area contributed by atoms with Crippen LogP contribution in [0.5, 0.6) is 0 Å². The Morgan fingerprint density at radius 2 is 2.39 bits per heavy atom. The fourth-order valence-electron chi connectivity index (χ4n) is 1.30. The largest absolute Gasteiger partial charge is 0.301 e. The van der Waals surface area contributed by atoms with Gasteiger partial charge in [0.2, 0.25) is 5.91 Å². The summed E-state index contributed by atoms with van der Waals surface area (Å²) in [5.41, 5.74) is 1.91. The lowest BCUT2D eigenvalue weighted by Gasteiger charge is -2.01. The van der Waals surface area contributed by atoms with E-state index in [1.54, 1.807) is 18.0 Å². The topological polar surface area (TPSA) is 54.9 Å². The maximum atomic E-state index is 11.6. The summed E-state index contributed by atoms with van der Waals surface area (Å²) in [6, 6.07) is 5.78. The molecule has 0 aliphatic carbocycles. The van der Waals surface area contributed by atoms with Crippen LogP contribution in [-0.2, 0) is 10.5 Å². The van der Waals surface area contributed by atoms with Gasteiger partial charge in [-0.3, -0.25) is 9.78 Å². The van der Waals surface area contributed by atoms with Gasteiger partial charge in [-0.05, 0) is 19.1 Å². The molecule has 0 bridgehead atoms. The van der Waals surface area contributed by atoms with E-state index in [1.807, 2.05) is 30.5 Å². The third kappa shape index (κ3) is 4.12. The van der Waals surface area contributed by atoms with Crippen molar-refractivity contribution in [3.05, 3.63) is 41.2 Å². The summed E-state index contributed by atoms with van der Waals surface area (Å²) in [5.74, 6) is 1.13. The predicted molar refractivity (Wildman–Crippen MR) is 75.9 cm³/mol. The summed E-state index contributed by atoms with van der Waals surface area (Å²) in [6.45, 7) is 1.90. The highest BCUT2D eigenvalue weighted by molar-refractivity contribution is 7.99. The Morgan fingerprint density at radius 3 is 3.06 bits per heavy atom. The van der Waals surface area contributed by atoms with Gasteiger partial charge in [-0.2, -0.15) is 0 Å². The van der Waals surface area contributed by atoms with Gasteiger partial charge in [-0.1, -0.05) is 6.07 Å². The van der Waals surface area contributed by atoms with Gasteiger partial charge < -0.3 is 5.32 Å². The van der Waals surface area contributed by atoms with E-state index < -0.39 is 0 Å². The lowest BCUT2D eigenvalue weighted by atomic mass is 10.4. The normalized spacial score (nSPS) is 10.3. The first-order valence-corrected chi connectivity index (χ1v) is 7.47. The van der Waals surface area contributed by atoms with E-state index in [-0.39, 0.29) is 5.91 Å². The zero-order chi connectivity index (χ0) is 12.8. The molecule has 0 aromatic carbocycles. The summed E-state index contributed by atoms with van der Waals surface area (Å²) in [5, 5.41) is 5.35. The van der Waals surface area contributed by atoms with Gasteiger partial charge in [0.05, 0.1) is 17.1 Å². The van der Waals surface area contributed by atoms with Crippen molar-refractivity contribution in [1.82, 2.24) is 9.97 Å². The molecule has 1 amide bonds. The van der Waals surface area contributed by atoms with Gasteiger partial charge in [-0.25, -0.2) is 4.98 Å². The lowest BCUT2D eigenvalue weighted by molar-refractivity contribution is -0.113. The van der Waals surface area contributed by atoms with Crippen LogP contribution in [0.25, 0.3) is 0 Å². The summed E-state index contributed by atoms with van der Waals surface area (Å²) in [4.78, 5) is 20.0. The van der Waals surface area contributed by atoms with Crippen molar-refractivity contribution in [3.63, 3.8) is 0 Å². The number of thiazole rings is 1. The number of aromatic nitrogens is 2. The van der Waals surface area contributed by atoms with E-state index in [4.69, 9.17) is 0 Å². The molecule has 2 aromatic rings. The van der Waals surface area contributed by atoms with E-state index >= 15 is 0 Å². The number of anilines is 1. The highest BCUT2D eigenvalue weighted by Gasteiger charge is 2.05. The monoisotopic (exact) mass is 279 g/mol. The average molecular weight is 279 g/mol. The lowest BCUT2D eigenvalue weighted by Crippen LogP contribution is -2.14. The van der Waals surface area contributed by atoms with Crippen LogP contribution in [-0.4, -0.2) is 21.6 Å². The Bertz CT molecular complexity index is 513. The Morgan fingerprint density at radius 1 is 1.50 bits per heavy atom. The number of thioether (sulfide) groups is 1. The fraction of sp³-hybridized carbons (Fsp3) is 0.250. The van der Waals surface area contributed by atoms with Crippen LogP contribution in [0.3, 0.4) is 0 Å². The molecule has 0 fully saturated rings. The SMILES string of the molecule is Cc1csc(NC(=O)CSCc2ccccn2)n1. The first-order chi connectivity index (χ1) is 8.74. The van der Waals surface area contributed by atoms with Gasteiger partial charge in [0.15, 0.2) is 5.13 Å². The summed E-state index contributed by atoms with van der Waals surface area (Å²) in [6.07, 6.45) is 1.76. The minimum atomic E-state index is -0.0229. The molecular formula is C12H13N3OS2. The number of aryl methyl sites for hydroxylation is 1. The Kier molecular flexibility index (Phi) is 4.72. The number of carbonyl (C=O) groups is 1. The fourth-order valence-corrected chi connectivity index (χ4v) is 2.74. The second-order valence-electron chi connectivity index (χ2n) is 3.66. The van der Waals surface area contributed by atoms with Gasteiger partial charge in [0.25, 0.3) is 0 Å². The molecule has 4 nitrogen and oxygen atoms in total. The standard InChI is InChI=1S/C12H13N3OS2/c1-9-6-18-12(14-9)15-11(16)8-17-7-10-4-2-3-5-13-10/h2-6H,7-8H2,1H3,(H,14,15,16). The summed E-state index contributed by atoms with van der Waals surface area (Å²) < 4.78 is 0. The summed E-state index contributed by atoms with van der Waals surface area (Å²) >= 11 is 2.99. The van der Waals surface area contributed by atoms with Crippen LogP contribution in [0.15, 0.2) is 29.8 Å². The first-order valence-electron chi connectivity index (χ1n) is 5.43. The van der Waals surface area contributed by atoms with E-state index in [1.165, 1.54) is 11.3 Å². The minimum Gasteiger partial charge on any atom is -0.301 e. The molecule has 0 saturated carbocycles. The maximum Gasteiger partial charge on any atom is 0.236 e. The zero-order valence-electron chi connectivity index (χ0n) is 9.92. The predicted octanol–water partition coefficient (Wildman–Crippen LogP) is 2.72. The number of hydrogen-bond donors (Lipinski definition) is 1. The van der Waals surface area contributed by atoms with Crippen LogP contribution in [0.4, 0.5) is 5.13 Å². The van der Waals surface area contributed by atoms with E-state index in [0.717, 1.165) is 17.1 Å². The third-order valence-electron chi connectivity index (χ3n) is 2.07. The molecule has 2 rings (SSSR count). The third-order valence-corrected chi connectivity index (χ3v) is 3.92. The average Bonchev–Trinajstić information content (AvgIpc) is 2.76. The molecule has 0 saturated heterocycles. The highest BCUT2D eigenvalue weighted by Crippen LogP contribution is 2.15. The molecule has 0 aliphatic heterocycles. The molecule has 6 heteroatoms. The molecule has 2 aromatic heterocycles. The molecule has 2 heterocycles. The van der Waals surface area contributed by atoms with E-state index in [0.29, 0.717) is 10.9 Å². The van der Waals surface area contributed by atoms with Crippen molar-refractivity contribution >= 4 is 34.1 Å². The molecular weight excluding hydrogens is 266 g/mol. The zero-order valence-corrected chi connectivity index (χ0v) is 11.6. The van der Waals surface area contributed by atoms with Crippen molar-refractivity contribution in [2.75, 3.05) is 11.1 Å². The Labute approximate surface area is 114 Å². The minimum absolute atomic E-state index is 0.0229.